The lowest BCUT2D eigenvalue weighted by atomic mass is 10.0. The summed E-state index contributed by atoms with van der Waals surface area (Å²) >= 11 is 8.41. The Kier molecular flexibility index (Phi) is 4.32. The Labute approximate surface area is 134 Å². The van der Waals surface area contributed by atoms with Crippen molar-refractivity contribution in [2.75, 3.05) is 5.32 Å². The fraction of sp³-hybridized carbons (Fsp3) is 0.353. The lowest BCUT2D eigenvalue weighted by molar-refractivity contribution is -0.116. The summed E-state index contributed by atoms with van der Waals surface area (Å²) < 4.78 is 0. The molecular weight excluding hydrogens is 302 g/mol. The summed E-state index contributed by atoms with van der Waals surface area (Å²) in [4.78, 5) is 12.8. The highest BCUT2D eigenvalue weighted by atomic mass is 35.5. The Balaban J connectivity index is 1.93. The highest BCUT2D eigenvalue weighted by molar-refractivity contribution is 7.10. The number of benzene rings is 1. The Morgan fingerprint density at radius 1 is 1.33 bits per heavy atom. The maximum atomic E-state index is 11.6. The largest absolute Gasteiger partial charge is 0.326 e. The molecule has 0 fully saturated rings. The number of rotatable bonds is 3. The van der Waals surface area contributed by atoms with Crippen LogP contribution in [0.15, 0.2) is 29.6 Å². The molecule has 3 rings (SSSR count). The number of amides is 1. The van der Waals surface area contributed by atoms with Gasteiger partial charge < -0.3 is 5.32 Å². The molecule has 1 N–H and O–H groups in total. The smallest absolute Gasteiger partial charge is 0.224 e. The lowest BCUT2D eigenvalue weighted by Crippen LogP contribution is -2.09. The predicted molar refractivity (Wildman–Crippen MR) is 89.4 cm³/mol. The number of thiophene rings is 1. The quantitative estimate of drug-likeness (QED) is 0.800. The molecule has 0 bridgehead atoms. The number of hydrogen-bond acceptors (Lipinski definition) is 2. The van der Waals surface area contributed by atoms with Crippen LogP contribution in [0.2, 0.25) is 0 Å². The fourth-order valence-electron chi connectivity index (χ4n) is 2.77. The van der Waals surface area contributed by atoms with E-state index in [1.54, 1.807) is 11.3 Å². The van der Waals surface area contributed by atoms with Gasteiger partial charge >= 0.3 is 0 Å². The highest BCUT2D eigenvalue weighted by Crippen LogP contribution is 2.37. The van der Waals surface area contributed by atoms with Gasteiger partial charge in [-0.3, -0.25) is 4.79 Å². The van der Waals surface area contributed by atoms with Gasteiger partial charge in [0, 0.05) is 17.0 Å². The van der Waals surface area contributed by atoms with Crippen molar-refractivity contribution in [2.24, 2.45) is 0 Å². The van der Waals surface area contributed by atoms with Crippen LogP contribution in [0.1, 0.15) is 46.7 Å². The van der Waals surface area contributed by atoms with E-state index >= 15 is 0 Å². The summed E-state index contributed by atoms with van der Waals surface area (Å²) in [5.74, 6) is 0.107. The zero-order valence-electron chi connectivity index (χ0n) is 12.0. The van der Waals surface area contributed by atoms with Gasteiger partial charge in [0.2, 0.25) is 5.91 Å². The molecule has 1 atom stereocenters. The first kappa shape index (κ1) is 14.6. The molecule has 4 heteroatoms. The van der Waals surface area contributed by atoms with Gasteiger partial charge in [0.25, 0.3) is 0 Å². The summed E-state index contributed by atoms with van der Waals surface area (Å²) in [7, 11) is 0. The molecular formula is C17H18ClNOS. The maximum Gasteiger partial charge on any atom is 0.224 e. The van der Waals surface area contributed by atoms with Crippen LogP contribution in [0.25, 0.3) is 0 Å². The third-order valence-electron chi connectivity index (χ3n) is 3.94. The molecule has 0 radical (unpaired) electrons. The third kappa shape index (κ3) is 2.99. The van der Waals surface area contributed by atoms with Gasteiger partial charge in [0.05, 0.1) is 5.38 Å². The average molecular weight is 320 g/mol. The van der Waals surface area contributed by atoms with E-state index in [1.807, 2.05) is 12.1 Å². The second-order valence-corrected chi connectivity index (χ2v) is 6.73. The van der Waals surface area contributed by atoms with Gasteiger partial charge in [-0.05, 0) is 53.5 Å². The number of alkyl halides is 1. The van der Waals surface area contributed by atoms with E-state index in [4.69, 9.17) is 11.6 Å². The molecule has 1 aromatic carbocycles. The molecule has 1 unspecified atom stereocenters. The third-order valence-corrected chi connectivity index (χ3v) is 5.56. The molecule has 2 nitrogen and oxygen atoms in total. The van der Waals surface area contributed by atoms with Crippen LogP contribution in [0.5, 0.6) is 0 Å². The van der Waals surface area contributed by atoms with Crippen molar-refractivity contribution in [3.05, 3.63) is 51.2 Å². The Bertz CT molecular complexity index is 665. The summed E-state index contributed by atoms with van der Waals surface area (Å²) in [5.41, 5.74) is 4.57. The molecule has 110 valence electrons. The fourth-order valence-corrected chi connectivity index (χ4v) is 4.19. The van der Waals surface area contributed by atoms with E-state index < -0.39 is 0 Å². The maximum absolute atomic E-state index is 11.6. The molecule has 2 aromatic rings. The van der Waals surface area contributed by atoms with E-state index in [-0.39, 0.29) is 11.3 Å². The van der Waals surface area contributed by atoms with Crippen molar-refractivity contribution in [3.63, 3.8) is 0 Å². The normalized spacial score (nSPS) is 16.0. The number of carbonyl (C=O) groups excluding carboxylic acids is 1. The highest BCUT2D eigenvalue weighted by Gasteiger charge is 2.19. The van der Waals surface area contributed by atoms with E-state index in [0.29, 0.717) is 6.42 Å². The first-order valence-electron chi connectivity index (χ1n) is 7.32. The van der Waals surface area contributed by atoms with Gasteiger partial charge in [0.15, 0.2) is 0 Å². The van der Waals surface area contributed by atoms with Gasteiger partial charge in [-0.1, -0.05) is 19.1 Å². The van der Waals surface area contributed by atoms with Gasteiger partial charge in [-0.15, -0.1) is 22.9 Å². The number of carbonyl (C=O) groups is 1. The van der Waals surface area contributed by atoms with Crippen molar-refractivity contribution >= 4 is 34.5 Å². The Hall–Kier alpha value is -1.32. The van der Waals surface area contributed by atoms with Crippen molar-refractivity contribution in [2.45, 2.75) is 38.0 Å². The SMILES string of the molecule is CCc1ccsc1C(Cl)c1ccc2c(c1)CCCC(=O)N2. The summed E-state index contributed by atoms with van der Waals surface area (Å²) in [5, 5.41) is 4.96. The second kappa shape index (κ2) is 6.20. The van der Waals surface area contributed by atoms with Crippen LogP contribution in [0, 0.1) is 0 Å². The van der Waals surface area contributed by atoms with Gasteiger partial charge in [0.1, 0.15) is 0 Å². The zero-order chi connectivity index (χ0) is 14.8. The Morgan fingerprint density at radius 3 is 3.00 bits per heavy atom. The number of nitrogens with one attached hydrogen (secondary N) is 1. The van der Waals surface area contributed by atoms with Gasteiger partial charge in [-0.2, -0.15) is 0 Å². The molecule has 1 aromatic heterocycles. The van der Waals surface area contributed by atoms with Crippen LogP contribution < -0.4 is 5.32 Å². The van der Waals surface area contributed by atoms with Crippen molar-refractivity contribution in [1.82, 2.24) is 0 Å². The molecule has 2 heterocycles. The van der Waals surface area contributed by atoms with Crippen molar-refractivity contribution in [3.8, 4) is 0 Å². The number of fused-ring (bicyclic) bond motifs is 1. The number of hydrogen-bond donors (Lipinski definition) is 1. The van der Waals surface area contributed by atoms with Crippen molar-refractivity contribution in [1.29, 1.82) is 0 Å². The summed E-state index contributed by atoms with van der Waals surface area (Å²) in [6, 6.07) is 8.32. The second-order valence-electron chi connectivity index (χ2n) is 5.34. The lowest BCUT2D eigenvalue weighted by Gasteiger charge is -2.14. The number of anilines is 1. The van der Waals surface area contributed by atoms with Crippen LogP contribution in [-0.2, 0) is 17.6 Å². The molecule has 21 heavy (non-hydrogen) atoms. The van der Waals surface area contributed by atoms with E-state index in [1.165, 1.54) is 16.0 Å². The molecule has 1 aliphatic rings. The average Bonchev–Trinajstić information content (AvgIpc) is 2.88. The van der Waals surface area contributed by atoms with Gasteiger partial charge in [-0.25, -0.2) is 0 Å². The molecule has 0 aliphatic carbocycles. The van der Waals surface area contributed by atoms with Crippen LogP contribution in [0.4, 0.5) is 5.69 Å². The van der Waals surface area contributed by atoms with E-state index in [9.17, 15) is 4.79 Å². The monoisotopic (exact) mass is 319 g/mol. The summed E-state index contributed by atoms with van der Waals surface area (Å²) in [6.45, 7) is 2.15. The van der Waals surface area contributed by atoms with E-state index in [0.717, 1.165) is 30.5 Å². The first-order valence-corrected chi connectivity index (χ1v) is 8.63. The topological polar surface area (TPSA) is 29.1 Å². The van der Waals surface area contributed by atoms with Crippen molar-refractivity contribution < 1.29 is 4.79 Å². The molecule has 0 saturated carbocycles. The predicted octanol–water partition coefficient (Wildman–Crippen LogP) is 4.91. The molecule has 1 aliphatic heterocycles. The van der Waals surface area contributed by atoms with E-state index in [2.05, 4.69) is 29.8 Å². The molecule has 0 saturated heterocycles. The minimum atomic E-state index is -0.107. The minimum absolute atomic E-state index is 0.107. The minimum Gasteiger partial charge on any atom is -0.326 e. The molecule has 0 spiro atoms. The van der Waals surface area contributed by atoms with Crippen LogP contribution in [-0.4, -0.2) is 5.91 Å². The first-order chi connectivity index (χ1) is 10.2. The summed E-state index contributed by atoms with van der Waals surface area (Å²) in [6.07, 6.45) is 3.42. The molecule has 1 amide bonds. The zero-order valence-corrected chi connectivity index (χ0v) is 13.6. The van der Waals surface area contributed by atoms with Crippen LogP contribution in [0.3, 0.4) is 0 Å². The standard InChI is InChI=1S/C17H18ClNOS/c1-2-11-8-9-21-17(11)16(18)13-6-7-14-12(10-13)4-3-5-15(20)19-14/h6-10,16H,2-5H2,1H3,(H,19,20). The number of halogens is 1. The number of aryl methyl sites for hydroxylation is 2. The van der Waals surface area contributed by atoms with Crippen LogP contribution >= 0.6 is 22.9 Å². The Morgan fingerprint density at radius 2 is 2.19 bits per heavy atom.